The highest BCUT2D eigenvalue weighted by molar-refractivity contribution is 7.52. The molecule has 0 fully saturated rings. The van der Waals surface area contributed by atoms with Gasteiger partial charge in [0.05, 0.1) is 9.95 Å². The zero-order valence-electron chi connectivity index (χ0n) is 14.2. The molecule has 1 aromatic carbocycles. The monoisotopic (exact) mass is 401 g/mol. The maximum Gasteiger partial charge on any atom is 0.329 e. The molecule has 140 valence electrons. The van der Waals surface area contributed by atoms with Crippen LogP contribution in [0.5, 0.6) is 11.6 Å². The molecule has 1 N–H and O–H groups in total. The van der Waals surface area contributed by atoms with Gasteiger partial charge in [0.25, 0.3) is 5.69 Å². The molecule has 0 aliphatic carbocycles. The summed E-state index contributed by atoms with van der Waals surface area (Å²) in [6.45, 7) is 2.85. The third-order valence-corrected chi connectivity index (χ3v) is 4.71. The van der Waals surface area contributed by atoms with Crippen LogP contribution in [0.3, 0.4) is 0 Å². The summed E-state index contributed by atoms with van der Waals surface area (Å²) < 4.78 is 27.4. The number of pyridine rings is 1. The minimum atomic E-state index is -3.26. The van der Waals surface area contributed by atoms with E-state index >= 15 is 0 Å². The predicted octanol–water partition coefficient (Wildman–Crippen LogP) is 4.68. The van der Waals surface area contributed by atoms with Gasteiger partial charge in [-0.15, -0.1) is 0 Å². The third kappa shape index (κ3) is 5.67. The van der Waals surface area contributed by atoms with E-state index in [9.17, 15) is 14.7 Å². The molecule has 2 unspecified atom stereocenters. The molecule has 9 nitrogen and oxygen atoms in total. The number of hydrogen-bond acceptors (Lipinski definition) is 8. The Kier molecular flexibility index (Phi) is 6.55. The zero-order valence-corrected chi connectivity index (χ0v) is 15.9. The number of benzene rings is 1. The number of rotatable bonds is 8. The predicted molar refractivity (Wildman–Crippen MR) is 97.1 cm³/mol. The van der Waals surface area contributed by atoms with Crippen LogP contribution in [0.1, 0.15) is 6.92 Å². The minimum Gasteiger partial charge on any atom is -0.439 e. The smallest absolute Gasteiger partial charge is 0.329 e. The molecule has 1 aromatic heterocycles. The Morgan fingerprint density at radius 3 is 2.65 bits per heavy atom. The highest BCUT2D eigenvalue weighted by Gasteiger charge is 2.22. The van der Waals surface area contributed by atoms with Gasteiger partial charge in [-0.1, -0.05) is 11.6 Å². The third-order valence-electron chi connectivity index (χ3n) is 3.13. The average molecular weight is 402 g/mol. The Morgan fingerprint density at radius 1 is 1.35 bits per heavy atom. The number of nitrogens with zero attached hydrogens (tertiary/aromatic N) is 2. The fourth-order valence-electron chi connectivity index (χ4n) is 1.97. The molecule has 0 amide bonds. The van der Waals surface area contributed by atoms with Crippen LogP contribution in [0.4, 0.5) is 11.4 Å². The van der Waals surface area contributed by atoms with Crippen molar-refractivity contribution in [1.82, 2.24) is 4.98 Å². The molecular weight excluding hydrogens is 385 g/mol. The van der Waals surface area contributed by atoms with Crippen LogP contribution in [-0.2, 0) is 13.6 Å². The van der Waals surface area contributed by atoms with Crippen molar-refractivity contribution in [3.63, 3.8) is 0 Å². The first-order valence-corrected chi connectivity index (χ1v) is 9.73. The van der Waals surface area contributed by atoms with Crippen LogP contribution < -0.4 is 10.1 Å². The molecule has 2 atom stereocenters. The van der Waals surface area contributed by atoms with Crippen molar-refractivity contribution in [1.29, 1.82) is 0 Å². The van der Waals surface area contributed by atoms with Crippen molar-refractivity contribution in [3.05, 3.63) is 51.7 Å². The summed E-state index contributed by atoms with van der Waals surface area (Å²) in [6.07, 6.45) is 0.606. The fraction of sp³-hybridized carbons (Fsp3) is 0.267. The molecule has 0 aliphatic heterocycles. The number of halogens is 1. The molecule has 1 heterocycles. The second-order valence-electron chi connectivity index (χ2n) is 5.20. The van der Waals surface area contributed by atoms with Crippen LogP contribution >= 0.6 is 19.2 Å². The largest absolute Gasteiger partial charge is 0.439 e. The highest BCUT2D eigenvalue weighted by atomic mass is 35.5. The second-order valence-corrected chi connectivity index (χ2v) is 7.75. The van der Waals surface area contributed by atoms with Gasteiger partial charge in [0, 0.05) is 38.2 Å². The summed E-state index contributed by atoms with van der Waals surface area (Å²) in [5, 5.41) is 14.5. The van der Waals surface area contributed by atoms with Crippen LogP contribution in [0, 0.1) is 10.1 Å². The number of nitro groups is 1. The van der Waals surface area contributed by atoms with Gasteiger partial charge in [0.2, 0.25) is 5.88 Å². The number of anilines is 1. The number of hydrogen-bond donors (Lipinski definition) is 1. The Balaban J connectivity index is 2.23. The molecule has 2 rings (SSSR count). The van der Waals surface area contributed by atoms with Crippen molar-refractivity contribution in [2.75, 3.05) is 19.1 Å². The van der Waals surface area contributed by atoms with E-state index in [1.165, 1.54) is 38.2 Å². The lowest BCUT2D eigenvalue weighted by Gasteiger charge is -2.20. The Hall–Kier alpha value is -2.19. The number of aromatic nitrogens is 1. The summed E-state index contributed by atoms with van der Waals surface area (Å²) in [5.41, 5.74) is -0.0646. The van der Waals surface area contributed by atoms with E-state index in [4.69, 9.17) is 25.4 Å². The topological polar surface area (TPSA) is 113 Å². The molecular formula is C15H17ClN3O6P. The van der Waals surface area contributed by atoms with E-state index in [0.29, 0.717) is 10.8 Å². The van der Waals surface area contributed by atoms with Gasteiger partial charge < -0.3 is 14.6 Å². The molecule has 26 heavy (non-hydrogen) atoms. The molecule has 0 bridgehead atoms. The average Bonchev–Trinajstić information content (AvgIpc) is 2.56. The zero-order chi connectivity index (χ0) is 19.3. The summed E-state index contributed by atoms with van der Waals surface area (Å²) in [4.78, 5) is 14.7. The quantitative estimate of drug-likeness (QED) is 0.293. The minimum absolute atomic E-state index is 0.130. The normalized spacial score (nSPS) is 14.3. The van der Waals surface area contributed by atoms with E-state index in [0.717, 1.165) is 0 Å². The lowest BCUT2D eigenvalue weighted by atomic mass is 10.2. The standard InChI is InChI=1S/C15H17ClN3O6P/c1-10(25-26(3,22)23-2)18-13-8-12(5-6-14(13)19(20)21)24-15-7-4-11(16)9-17-15/h4-10,18H,1-3H3. The van der Waals surface area contributed by atoms with Gasteiger partial charge in [0.15, 0.2) is 0 Å². The summed E-state index contributed by atoms with van der Waals surface area (Å²) in [5.74, 6) is 0.586. The van der Waals surface area contributed by atoms with E-state index in [1.807, 2.05) is 0 Å². The van der Waals surface area contributed by atoms with Gasteiger partial charge in [-0.3, -0.25) is 19.2 Å². The number of nitro benzene ring substituents is 1. The van der Waals surface area contributed by atoms with Crippen molar-refractivity contribution in [3.8, 4) is 11.6 Å². The van der Waals surface area contributed by atoms with Gasteiger partial charge in [0.1, 0.15) is 17.7 Å². The summed E-state index contributed by atoms with van der Waals surface area (Å²) in [7, 11) is -2.01. The lowest BCUT2D eigenvalue weighted by Crippen LogP contribution is -2.18. The maximum absolute atomic E-state index is 11.9. The molecule has 0 spiro atoms. The molecule has 11 heteroatoms. The number of ether oxygens (including phenoxy) is 1. The molecule has 0 saturated carbocycles. The van der Waals surface area contributed by atoms with Gasteiger partial charge in [-0.2, -0.15) is 0 Å². The first-order valence-electron chi connectivity index (χ1n) is 7.36. The first-order chi connectivity index (χ1) is 12.2. The van der Waals surface area contributed by atoms with Crippen molar-refractivity contribution in [2.24, 2.45) is 0 Å². The van der Waals surface area contributed by atoms with Crippen LogP contribution in [-0.4, -0.2) is 29.9 Å². The Morgan fingerprint density at radius 2 is 2.08 bits per heavy atom. The maximum atomic E-state index is 11.9. The van der Waals surface area contributed by atoms with Gasteiger partial charge in [-0.05, 0) is 19.1 Å². The number of nitrogens with one attached hydrogen (secondary N) is 1. The molecule has 0 radical (unpaired) electrons. The summed E-state index contributed by atoms with van der Waals surface area (Å²) >= 11 is 5.77. The highest BCUT2D eigenvalue weighted by Crippen LogP contribution is 2.44. The van der Waals surface area contributed by atoms with E-state index in [2.05, 4.69) is 10.3 Å². The van der Waals surface area contributed by atoms with Gasteiger partial charge in [-0.25, -0.2) is 4.98 Å². The van der Waals surface area contributed by atoms with Crippen LogP contribution in [0.15, 0.2) is 36.5 Å². The van der Waals surface area contributed by atoms with Crippen LogP contribution in [0.25, 0.3) is 0 Å². The molecule has 2 aromatic rings. The van der Waals surface area contributed by atoms with E-state index < -0.39 is 18.7 Å². The van der Waals surface area contributed by atoms with E-state index in [1.54, 1.807) is 19.1 Å². The summed E-state index contributed by atoms with van der Waals surface area (Å²) in [6, 6.07) is 7.30. The first kappa shape index (κ1) is 20.1. The molecule has 0 aliphatic rings. The second kappa shape index (κ2) is 8.46. The Labute approximate surface area is 154 Å². The van der Waals surface area contributed by atoms with Crippen molar-refractivity contribution >= 4 is 30.6 Å². The SMILES string of the molecule is COP(C)(=O)OC(C)Nc1cc(Oc2ccc(Cl)cn2)ccc1[N+](=O)[O-]. The fourth-order valence-corrected chi connectivity index (χ4v) is 2.80. The molecule has 0 saturated heterocycles. The van der Waals surface area contributed by atoms with Crippen molar-refractivity contribution in [2.45, 2.75) is 13.2 Å². The lowest BCUT2D eigenvalue weighted by molar-refractivity contribution is -0.384. The van der Waals surface area contributed by atoms with E-state index in [-0.39, 0.29) is 17.3 Å². The van der Waals surface area contributed by atoms with Crippen molar-refractivity contribution < 1.29 is 23.3 Å². The van der Waals surface area contributed by atoms with Gasteiger partial charge >= 0.3 is 7.60 Å². The van der Waals surface area contributed by atoms with Crippen LogP contribution in [0.2, 0.25) is 5.02 Å². The Bertz CT molecular complexity index is 833.